The van der Waals surface area contributed by atoms with Gasteiger partial charge in [-0.25, -0.2) is 4.98 Å². The van der Waals surface area contributed by atoms with Crippen molar-refractivity contribution in [2.45, 2.75) is 39.7 Å². The van der Waals surface area contributed by atoms with E-state index in [1.165, 1.54) is 16.9 Å². The van der Waals surface area contributed by atoms with E-state index >= 15 is 0 Å². The quantitative estimate of drug-likeness (QED) is 0.535. The minimum atomic E-state index is -0.121. The fraction of sp³-hybridized carbons (Fsp3) is 0.273. The van der Waals surface area contributed by atoms with Crippen LogP contribution in [-0.2, 0) is 17.6 Å². The zero-order valence-corrected chi connectivity index (χ0v) is 17.2. The second-order valence-corrected chi connectivity index (χ2v) is 7.57. The highest BCUT2D eigenvalue weighted by Crippen LogP contribution is 2.26. The molecule has 6 heteroatoms. The summed E-state index contributed by atoms with van der Waals surface area (Å²) in [5.41, 5.74) is 3.69. The van der Waals surface area contributed by atoms with E-state index in [1.54, 1.807) is 0 Å². The second kappa shape index (κ2) is 9.37. The van der Waals surface area contributed by atoms with Crippen LogP contribution in [-0.4, -0.2) is 17.0 Å². The number of amides is 1. The van der Waals surface area contributed by atoms with Crippen LogP contribution in [0, 0.1) is 0 Å². The molecular formula is C22H25N3O2S. The van der Waals surface area contributed by atoms with Gasteiger partial charge in [0.2, 0.25) is 5.91 Å². The van der Waals surface area contributed by atoms with Crippen molar-refractivity contribution in [1.29, 1.82) is 0 Å². The standard InChI is InChI=1S/C22H25N3O2S/c1-4-16-9-11-17(12-10-16)23-22-24-18(14-28-22)13-21(26)25-19-7-5-6-8-20(19)27-15(2)3/h5-12,14-15H,4,13H2,1-3H3,(H,23,24)(H,25,26). The Kier molecular flexibility index (Phi) is 6.66. The van der Waals surface area contributed by atoms with Crippen molar-refractivity contribution < 1.29 is 9.53 Å². The molecule has 0 saturated carbocycles. The maximum absolute atomic E-state index is 12.4. The van der Waals surface area contributed by atoms with Crippen LogP contribution in [0.2, 0.25) is 0 Å². The van der Waals surface area contributed by atoms with Crippen LogP contribution >= 0.6 is 11.3 Å². The first kappa shape index (κ1) is 19.9. The minimum Gasteiger partial charge on any atom is -0.489 e. The fourth-order valence-electron chi connectivity index (χ4n) is 2.68. The van der Waals surface area contributed by atoms with Crippen LogP contribution < -0.4 is 15.4 Å². The maximum Gasteiger partial charge on any atom is 0.230 e. The van der Waals surface area contributed by atoms with E-state index < -0.39 is 0 Å². The number of thiazole rings is 1. The number of hydrogen-bond donors (Lipinski definition) is 2. The third kappa shape index (κ3) is 5.57. The van der Waals surface area contributed by atoms with E-state index in [0.29, 0.717) is 11.4 Å². The average molecular weight is 396 g/mol. The molecule has 2 aromatic carbocycles. The SMILES string of the molecule is CCc1ccc(Nc2nc(CC(=O)Nc3ccccc3OC(C)C)cs2)cc1. The maximum atomic E-state index is 12.4. The van der Waals surface area contributed by atoms with Crippen LogP contribution in [0.1, 0.15) is 32.0 Å². The molecule has 0 atom stereocenters. The summed E-state index contributed by atoms with van der Waals surface area (Å²) in [6.45, 7) is 6.05. The van der Waals surface area contributed by atoms with Crippen LogP contribution in [0.3, 0.4) is 0 Å². The van der Waals surface area contributed by atoms with Gasteiger partial charge < -0.3 is 15.4 Å². The van der Waals surface area contributed by atoms with Gasteiger partial charge in [0, 0.05) is 11.1 Å². The molecule has 5 nitrogen and oxygen atoms in total. The number of carbonyl (C=O) groups excluding carboxylic acids is 1. The number of carbonyl (C=O) groups is 1. The topological polar surface area (TPSA) is 63.2 Å². The molecule has 0 aliphatic carbocycles. The summed E-state index contributed by atoms with van der Waals surface area (Å²) < 4.78 is 5.75. The number of aryl methyl sites for hydroxylation is 1. The van der Waals surface area contributed by atoms with Gasteiger partial charge in [0.15, 0.2) is 5.13 Å². The molecule has 28 heavy (non-hydrogen) atoms. The summed E-state index contributed by atoms with van der Waals surface area (Å²) in [6.07, 6.45) is 1.27. The molecular weight excluding hydrogens is 370 g/mol. The summed E-state index contributed by atoms with van der Waals surface area (Å²) in [4.78, 5) is 17.0. The summed E-state index contributed by atoms with van der Waals surface area (Å²) >= 11 is 1.49. The minimum absolute atomic E-state index is 0.0385. The fourth-order valence-corrected chi connectivity index (χ4v) is 3.41. The number of ether oxygens (including phenoxy) is 1. The number of anilines is 3. The molecule has 0 bridgehead atoms. The molecule has 1 aromatic heterocycles. The van der Waals surface area contributed by atoms with Gasteiger partial charge in [-0.05, 0) is 50.1 Å². The van der Waals surface area contributed by atoms with Gasteiger partial charge in [-0.1, -0.05) is 31.2 Å². The highest BCUT2D eigenvalue weighted by molar-refractivity contribution is 7.13. The Morgan fingerprint density at radius 2 is 1.89 bits per heavy atom. The number of nitrogens with one attached hydrogen (secondary N) is 2. The summed E-state index contributed by atoms with van der Waals surface area (Å²) in [5, 5.41) is 8.88. The largest absolute Gasteiger partial charge is 0.489 e. The average Bonchev–Trinajstić information content (AvgIpc) is 3.10. The zero-order chi connectivity index (χ0) is 19.9. The van der Waals surface area contributed by atoms with Crippen molar-refractivity contribution >= 4 is 33.8 Å². The van der Waals surface area contributed by atoms with Crippen molar-refractivity contribution in [1.82, 2.24) is 4.98 Å². The molecule has 0 aliphatic heterocycles. The second-order valence-electron chi connectivity index (χ2n) is 6.71. The first-order valence-electron chi connectivity index (χ1n) is 9.39. The molecule has 0 radical (unpaired) electrons. The smallest absolute Gasteiger partial charge is 0.230 e. The van der Waals surface area contributed by atoms with E-state index in [1.807, 2.05) is 55.6 Å². The van der Waals surface area contributed by atoms with Crippen molar-refractivity contribution in [3.05, 3.63) is 65.2 Å². The highest BCUT2D eigenvalue weighted by atomic mass is 32.1. The Balaban J connectivity index is 1.59. The lowest BCUT2D eigenvalue weighted by Gasteiger charge is -2.14. The summed E-state index contributed by atoms with van der Waals surface area (Å²) in [7, 11) is 0. The first-order chi connectivity index (χ1) is 13.5. The third-order valence-corrected chi connectivity index (χ3v) is 4.84. The van der Waals surface area contributed by atoms with Crippen LogP contribution in [0.5, 0.6) is 5.75 Å². The van der Waals surface area contributed by atoms with E-state index in [9.17, 15) is 4.79 Å². The monoisotopic (exact) mass is 395 g/mol. The van der Waals surface area contributed by atoms with Crippen molar-refractivity contribution in [2.24, 2.45) is 0 Å². The molecule has 146 valence electrons. The Morgan fingerprint density at radius 1 is 1.14 bits per heavy atom. The molecule has 3 rings (SSSR count). The molecule has 0 unspecified atom stereocenters. The Morgan fingerprint density at radius 3 is 2.61 bits per heavy atom. The zero-order valence-electron chi connectivity index (χ0n) is 16.4. The van der Waals surface area contributed by atoms with Crippen molar-refractivity contribution in [3.63, 3.8) is 0 Å². The molecule has 0 spiro atoms. The predicted octanol–water partition coefficient (Wildman–Crippen LogP) is 5.42. The van der Waals surface area contributed by atoms with Gasteiger partial charge in [0.25, 0.3) is 0 Å². The molecule has 1 heterocycles. The number of rotatable bonds is 8. The lowest BCUT2D eigenvalue weighted by atomic mass is 10.1. The van der Waals surface area contributed by atoms with E-state index in [4.69, 9.17) is 4.74 Å². The van der Waals surface area contributed by atoms with Gasteiger partial charge >= 0.3 is 0 Å². The third-order valence-electron chi connectivity index (χ3n) is 4.03. The van der Waals surface area contributed by atoms with Crippen LogP contribution in [0.25, 0.3) is 0 Å². The van der Waals surface area contributed by atoms with Crippen LogP contribution in [0.15, 0.2) is 53.9 Å². The Hall–Kier alpha value is -2.86. The van der Waals surface area contributed by atoms with Gasteiger partial charge in [0.05, 0.1) is 23.9 Å². The van der Waals surface area contributed by atoms with Crippen molar-refractivity contribution in [3.8, 4) is 5.75 Å². The first-order valence-corrected chi connectivity index (χ1v) is 10.3. The Bertz CT molecular complexity index is 920. The number of benzene rings is 2. The van der Waals surface area contributed by atoms with Gasteiger partial charge in [0.1, 0.15) is 5.75 Å². The van der Waals surface area contributed by atoms with E-state index in [0.717, 1.165) is 22.9 Å². The number of nitrogens with zero attached hydrogens (tertiary/aromatic N) is 1. The van der Waals surface area contributed by atoms with Gasteiger partial charge in [-0.2, -0.15) is 0 Å². The number of hydrogen-bond acceptors (Lipinski definition) is 5. The van der Waals surface area contributed by atoms with Crippen LogP contribution in [0.4, 0.5) is 16.5 Å². The highest BCUT2D eigenvalue weighted by Gasteiger charge is 2.12. The van der Waals surface area contributed by atoms with Gasteiger partial charge in [-0.3, -0.25) is 4.79 Å². The molecule has 0 saturated heterocycles. The van der Waals surface area contributed by atoms with E-state index in [-0.39, 0.29) is 18.4 Å². The Labute approximate surface area is 169 Å². The molecule has 2 N–H and O–H groups in total. The molecule has 3 aromatic rings. The van der Waals surface area contributed by atoms with E-state index in [2.05, 4.69) is 34.7 Å². The molecule has 0 fully saturated rings. The number of para-hydroxylation sites is 2. The van der Waals surface area contributed by atoms with Gasteiger partial charge in [-0.15, -0.1) is 11.3 Å². The lowest BCUT2D eigenvalue weighted by Crippen LogP contribution is -2.16. The molecule has 1 amide bonds. The number of aromatic nitrogens is 1. The summed E-state index contributed by atoms with van der Waals surface area (Å²) in [5.74, 6) is 0.547. The summed E-state index contributed by atoms with van der Waals surface area (Å²) in [6, 6.07) is 15.7. The predicted molar refractivity (Wildman–Crippen MR) is 116 cm³/mol. The normalized spacial score (nSPS) is 10.7. The van der Waals surface area contributed by atoms with Crippen molar-refractivity contribution in [2.75, 3.05) is 10.6 Å². The lowest BCUT2D eigenvalue weighted by molar-refractivity contribution is -0.115. The molecule has 0 aliphatic rings.